The van der Waals surface area contributed by atoms with Gasteiger partial charge in [-0.2, -0.15) is 0 Å². The van der Waals surface area contributed by atoms with Gasteiger partial charge in [0.1, 0.15) is 5.82 Å². The quantitative estimate of drug-likeness (QED) is 0.621. The molecule has 1 amide bonds. The minimum Gasteiger partial charge on any atom is -0.368 e. The monoisotopic (exact) mass is 430 g/mol. The Labute approximate surface area is 188 Å². The topological polar surface area (TPSA) is 58.4 Å². The minimum absolute atomic E-state index is 0.0180. The van der Waals surface area contributed by atoms with Crippen molar-refractivity contribution in [2.75, 3.05) is 31.1 Å². The molecular weight excluding hydrogens is 400 g/mol. The van der Waals surface area contributed by atoms with Gasteiger partial charge in [-0.1, -0.05) is 25.0 Å². The van der Waals surface area contributed by atoms with Crippen LogP contribution in [0.25, 0.3) is 10.9 Å². The summed E-state index contributed by atoms with van der Waals surface area (Å²) in [6, 6.07) is 13.9. The lowest BCUT2D eigenvalue weighted by Crippen LogP contribution is -2.48. The molecule has 2 aliphatic rings. The maximum Gasteiger partial charge on any atom is 0.261 e. The van der Waals surface area contributed by atoms with Gasteiger partial charge in [0.05, 0.1) is 10.9 Å². The van der Waals surface area contributed by atoms with Crippen LogP contribution in [0.2, 0.25) is 0 Å². The fraction of sp³-hybridized carbons (Fsp3) is 0.423. The van der Waals surface area contributed by atoms with E-state index < -0.39 is 0 Å². The van der Waals surface area contributed by atoms with E-state index in [0.717, 1.165) is 51.1 Å². The number of rotatable bonds is 2. The Bertz CT molecular complexity index is 1210. The number of hydrogen-bond acceptors (Lipinski definition) is 4. The third kappa shape index (κ3) is 4.01. The summed E-state index contributed by atoms with van der Waals surface area (Å²) in [5, 5.41) is 0.607. The molecule has 0 aliphatic carbocycles. The molecule has 0 spiro atoms. The van der Waals surface area contributed by atoms with Crippen LogP contribution in [0.1, 0.15) is 47.4 Å². The zero-order valence-corrected chi connectivity index (χ0v) is 18.7. The van der Waals surface area contributed by atoms with E-state index in [-0.39, 0.29) is 11.5 Å². The average molecular weight is 431 g/mol. The van der Waals surface area contributed by atoms with Crippen LogP contribution in [0.15, 0.2) is 47.3 Å². The van der Waals surface area contributed by atoms with Crippen LogP contribution >= 0.6 is 0 Å². The molecule has 32 heavy (non-hydrogen) atoms. The summed E-state index contributed by atoms with van der Waals surface area (Å²) in [7, 11) is 0. The van der Waals surface area contributed by atoms with Crippen molar-refractivity contribution < 1.29 is 4.79 Å². The Kier molecular flexibility index (Phi) is 5.68. The first kappa shape index (κ1) is 20.7. The third-order valence-electron chi connectivity index (χ3n) is 6.75. The predicted molar refractivity (Wildman–Crippen MR) is 127 cm³/mol. The van der Waals surface area contributed by atoms with E-state index in [1.165, 1.54) is 17.7 Å². The van der Waals surface area contributed by atoms with Crippen LogP contribution in [0, 0.1) is 6.92 Å². The molecule has 6 heteroatoms. The van der Waals surface area contributed by atoms with E-state index in [4.69, 9.17) is 4.98 Å². The molecule has 3 aromatic rings. The Morgan fingerprint density at radius 2 is 1.72 bits per heavy atom. The molecule has 3 heterocycles. The van der Waals surface area contributed by atoms with Gasteiger partial charge < -0.3 is 9.80 Å². The van der Waals surface area contributed by atoms with Crippen molar-refractivity contribution in [2.45, 2.75) is 45.6 Å². The average Bonchev–Trinajstić information content (AvgIpc) is 2.80. The number of fused-ring (bicyclic) bond motifs is 2. The molecule has 0 radical (unpaired) electrons. The van der Waals surface area contributed by atoms with Crippen molar-refractivity contribution >= 4 is 22.5 Å². The number of hydrogen-bond donors (Lipinski definition) is 0. The molecule has 0 N–H and O–H groups in total. The van der Waals surface area contributed by atoms with Gasteiger partial charge in [0, 0.05) is 50.4 Å². The van der Waals surface area contributed by atoms with Crippen LogP contribution in [-0.2, 0) is 13.0 Å². The summed E-state index contributed by atoms with van der Waals surface area (Å²) >= 11 is 0. The second kappa shape index (κ2) is 8.77. The van der Waals surface area contributed by atoms with Crippen LogP contribution in [0.4, 0.5) is 5.69 Å². The molecule has 1 aromatic heterocycles. The molecule has 0 saturated carbocycles. The van der Waals surface area contributed by atoms with Crippen LogP contribution in [0.3, 0.4) is 0 Å². The molecule has 5 rings (SSSR count). The smallest absolute Gasteiger partial charge is 0.261 e. The second-order valence-corrected chi connectivity index (χ2v) is 9.00. The maximum atomic E-state index is 13.2. The number of amides is 1. The zero-order chi connectivity index (χ0) is 22.1. The zero-order valence-electron chi connectivity index (χ0n) is 18.7. The highest BCUT2D eigenvalue weighted by Crippen LogP contribution is 2.20. The van der Waals surface area contributed by atoms with Gasteiger partial charge in [-0.3, -0.25) is 14.2 Å². The summed E-state index contributed by atoms with van der Waals surface area (Å²) in [6.45, 7) is 5.84. The number of piperazine rings is 1. The van der Waals surface area contributed by atoms with Crippen LogP contribution in [0.5, 0.6) is 0 Å². The number of nitrogens with zero attached hydrogens (tertiary/aromatic N) is 4. The highest BCUT2D eigenvalue weighted by Gasteiger charge is 2.23. The molecule has 0 bridgehead atoms. The molecule has 2 aliphatic heterocycles. The largest absolute Gasteiger partial charge is 0.368 e. The van der Waals surface area contributed by atoms with Gasteiger partial charge in [0.15, 0.2) is 0 Å². The van der Waals surface area contributed by atoms with Crippen molar-refractivity contribution in [3.63, 3.8) is 0 Å². The molecule has 166 valence electrons. The lowest BCUT2D eigenvalue weighted by atomic mass is 10.1. The normalized spacial score (nSPS) is 17.0. The van der Waals surface area contributed by atoms with Crippen LogP contribution < -0.4 is 10.5 Å². The number of aryl methyl sites for hydroxylation is 2. The fourth-order valence-corrected chi connectivity index (χ4v) is 4.90. The number of anilines is 1. The van der Waals surface area contributed by atoms with E-state index in [9.17, 15) is 9.59 Å². The highest BCUT2D eigenvalue weighted by molar-refractivity contribution is 5.97. The lowest BCUT2D eigenvalue weighted by molar-refractivity contribution is 0.0747. The maximum absolute atomic E-state index is 13.2. The first-order chi connectivity index (χ1) is 15.6. The molecule has 6 nitrogen and oxygen atoms in total. The van der Waals surface area contributed by atoms with E-state index in [1.807, 2.05) is 15.5 Å². The number of benzene rings is 2. The summed E-state index contributed by atoms with van der Waals surface area (Å²) in [5.41, 5.74) is 3.74. The van der Waals surface area contributed by atoms with Crippen molar-refractivity contribution in [1.29, 1.82) is 0 Å². The first-order valence-electron chi connectivity index (χ1n) is 11.7. The van der Waals surface area contributed by atoms with Crippen molar-refractivity contribution in [1.82, 2.24) is 14.5 Å². The van der Waals surface area contributed by atoms with Crippen molar-refractivity contribution in [3.8, 4) is 0 Å². The number of aromatic nitrogens is 2. The molecule has 1 fully saturated rings. The summed E-state index contributed by atoms with van der Waals surface area (Å²) in [6.07, 6.45) is 5.24. The molecule has 0 unspecified atom stereocenters. The predicted octanol–water partition coefficient (Wildman–Crippen LogP) is 3.78. The lowest BCUT2D eigenvalue weighted by Gasteiger charge is -2.36. The second-order valence-electron chi connectivity index (χ2n) is 9.00. The molecule has 1 saturated heterocycles. The van der Waals surface area contributed by atoms with Gasteiger partial charge in [0.2, 0.25) is 0 Å². The van der Waals surface area contributed by atoms with E-state index in [1.54, 1.807) is 12.1 Å². The standard InChI is InChI=1S/C26H30N4O2/c1-19-7-6-8-21(17-19)28-13-15-29(16-14-28)25(31)20-10-11-22-23(18-20)27-24-9-4-2-3-5-12-30(24)26(22)32/h6-8,10-11,17-18H,2-5,9,12-16H2,1H3. The van der Waals surface area contributed by atoms with E-state index in [2.05, 4.69) is 36.1 Å². The van der Waals surface area contributed by atoms with Gasteiger partial charge in [-0.05, 0) is 55.7 Å². The Morgan fingerprint density at radius 3 is 2.53 bits per heavy atom. The fourth-order valence-electron chi connectivity index (χ4n) is 4.90. The number of carbonyl (C=O) groups excluding carboxylic acids is 1. The third-order valence-corrected chi connectivity index (χ3v) is 6.75. The Morgan fingerprint density at radius 1 is 0.906 bits per heavy atom. The van der Waals surface area contributed by atoms with Gasteiger partial charge >= 0.3 is 0 Å². The van der Waals surface area contributed by atoms with Crippen LogP contribution in [-0.4, -0.2) is 46.5 Å². The Balaban J connectivity index is 1.36. The van der Waals surface area contributed by atoms with Gasteiger partial charge in [0.25, 0.3) is 11.5 Å². The van der Waals surface area contributed by atoms with E-state index in [0.29, 0.717) is 29.6 Å². The van der Waals surface area contributed by atoms with Crippen molar-refractivity contribution in [2.24, 2.45) is 0 Å². The first-order valence-corrected chi connectivity index (χ1v) is 11.7. The Hall–Kier alpha value is -3.15. The van der Waals surface area contributed by atoms with E-state index >= 15 is 0 Å². The molecule has 0 atom stereocenters. The number of carbonyl (C=O) groups is 1. The summed E-state index contributed by atoms with van der Waals surface area (Å²) in [5.74, 6) is 0.878. The van der Waals surface area contributed by atoms with Gasteiger partial charge in [-0.15, -0.1) is 0 Å². The molecule has 2 aromatic carbocycles. The molecular formula is C26H30N4O2. The van der Waals surface area contributed by atoms with Crippen molar-refractivity contribution in [3.05, 3.63) is 69.8 Å². The minimum atomic E-state index is 0.0180. The highest BCUT2D eigenvalue weighted by atomic mass is 16.2. The van der Waals surface area contributed by atoms with Gasteiger partial charge in [-0.25, -0.2) is 4.98 Å². The summed E-state index contributed by atoms with van der Waals surface area (Å²) < 4.78 is 1.84. The summed E-state index contributed by atoms with van der Waals surface area (Å²) in [4.78, 5) is 35.3. The SMILES string of the molecule is Cc1cccc(N2CCN(C(=O)c3ccc4c(=O)n5c(nc4c3)CCCCCC5)CC2)c1.